The quantitative estimate of drug-likeness (QED) is 0.502. The molecule has 30 heavy (non-hydrogen) atoms. The van der Waals surface area contributed by atoms with Gasteiger partial charge in [0.05, 0.1) is 27.9 Å². The van der Waals surface area contributed by atoms with Crippen LogP contribution in [0.1, 0.15) is 20.9 Å². The van der Waals surface area contributed by atoms with Crippen molar-refractivity contribution in [1.82, 2.24) is 14.8 Å². The number of fused-ring (bicyclic) bond motifs is 1. The smallest absolute Gasteiger partial charge is 0.289 e. The molecule has 7 heteroatoms. The zero-order valence-corrected chi connectivity index (χ0v) is 17.0. The van der Waals surface area contributed by atoms with Crippen molar-refractivity contribution in [2.75, 3.05) is 26.2 Å². The van der Waals surface area contributed by atoms with Crippen molar-refractivity contribution in [3.05, 3.63) is 77.6 Å². The molecular weight excluding hydrogens is 398 g/mol. The van der Waals surface area contributed by atoms with Gasteiger partial charge in [0, 0.05) is 31.6 Å². The van der Waals surface area contributed by atoms with Crippen LogP contribution in [0.15, 0.2) is 70.7 Å². The number of amides is 2. The summed E-state index contributed by atoms with van der Waals surface area (Å²) in [7, 11) is 0. The van der Waals surface area contributed by atoms with Crippen molar-refractivity contribution < 1.29 is 14.0 Å². The summed E-state index contributed by atoms with van der Waals surface area (Å²) >= 11 is 1.60. The molecule has 4 heterocycles. The average molecular weight is 417 g/mol. The predicted molar refractivity (Wildman–Crippen MR) is 116 cm³/mol. The summed E-state index contributed by atoms with van der Waals surface area (Å²) in [6, 6.07) is 17.0. The summed E-state index contributed by atoms with van der Waals surface area (Å²) in [5.74, 6) is 0.161. The Hall–Kier alpha value is -3.45. The van der Waals surface area contributed by atoms with Crippen LogP contribution in [0.3, 0.4) is 0 Å². The number of carbonyl (C=O) groups excluding carboxylic acids is 2. The van der Waals surface area contributed by atoms with Gasteiger partial charge in [-0.05, 0) is 35.7 Å². The molecule has 5 rings (SSSR count). The predicted octanol–water partition coefficient (Wildman–Crippen LogP) is 4.15. The molecule has 2 amide bonds. The molecule has 3 aromatic heterocycles. The van der Waals surface area contributed by atoms with Crippen molar-refractivity contribution in [3.8, 4) is 10.6 Å². The summed E-state index contributed by atoms with van der Waals surface area (Å²) in [4.78, 5) is 35.2. The van der Waals surface area contributed by atoms with Gasteiger partial charge in [0.1, 0.15) is 0 Å². The van der Waals surface area contributed by atoms with Crippen molar-refractivity contribution in [2.45, 2.75) is 0 Å². The van der Waals surface area contributed by atoms with Crippen LogP contribution in [-0.4, -0.2) is 52.8 Å². The number of hydrogen-bond acceptors (Lipinski definition) is 5. The Morgan fingerprint density at radius 2 is 1.67 bits per heavy atom. The number of carbonyl (C=O) groups is 2. The third kappa shape index (κ3) is 3.37. The zero-order valence-electron chi connectivity index (χ0n) is 16.2. The molecule has 0 N–H and O–H groups in total. The molecule has 0 unspecified atom stereocenters. The first kappa shape index (κ1) is 18.6. The molecule has 0 spiro atoms. The van der Waals surface area contributed by atoms with E-state index in [1.54, 1.807) is 28.4 Å². The Morgan fingerprint density at radius 3 is 2.37 bits per heavy atom. The lowest BCUT2D eigenvalue weighted by atomic mass is 10.1. The first-order valence-corrected chi connectivity index (χ1v) is 10.6. The van der Waals surface area contributed by atoms with Gasteiger partial charge in [-0.2, -0.15) is 0 Å². The van der Waals surface area contributed by atoms with E-state index in [0.29, 0.717) is 37.5 Å². The second-order valence-corrected chi connectivity index (χ2v) is 8.06. The van der Waals surface area contributed by atoms with Crippen molar-refractivity contribution in [3.63, 3.8) is 0 Å². The number of rotatable bonds is 3. The highest BCUT2D eigenvalue weighted by molar-refractivity contribution is 7.13. The van der Waals surface area contributed by atoms with Crippen LogP contribution >= 0.6 is 11.3 Å². The van der Waals surface area contributed by atoms with Crippen molar-refractivity contribution in [1.29, 1.82) is 0 Å². The Balaban J connectivity index is 1.41. The van der Waals surface area contributed by atoms with Crippen LogP contribution < -0.4 is 0 Å². The molecule has 1 saturated heterocycles. The number of furan rings is 1. The molecule has 0 radical (unpaired) electrons. The fourth-order valence-corrected chi connectivity index (χ4v) is 4.43. The molecule has 1 aliphatic heterocycles. The number of piperazine rings is 1. The second-order valence-electron chi connectivity index (χ2n) is 7.11. The van der Waals surface area contributed by atoms with Crippen LogP contribution in [0, 0.1) is 0 Å². The normalized spacial score (nSPS) is 14.3. The van der Waals surface area contributed by atoms with Crippen molar-refractivity contribution in [2.24, 2.45) is 0 Å². The van der Waals surface area contributed by atoms with Gasteiger partial charge in [0.15, 0.2) is 5.76 Å². The minimum Gasteiger partial charge on any atom is -0.459 e. The largest absolute Gasteiger partial charge is 0.459 e. The fourth-order valence-electron chi connectivity index (χ4n) is 3.74. The van der Waals surface area contributed by atoms with Gasteiger partial charge in [-0.25, -0.2) is 4.98 Å². The summed E-state index contributed by atoms with van der Waals surface area (Å²) in [5, 5.41) is 2.85. The summed E-state index contributed by atoms with van der Waals surface area (Å²) < 4.78 is 5.21. The molecule has 0 atom stereocenters. The van der Waals surface area contributed by atoms with E-state index in [2.05, 4.69) is 0 Å². The van der Waals surface area contributed by atoms with Crippen LogP contribution in [0.5, 0.6) is 0 Å². The third-order valence-corrected chi connectivity index (χ3v) is 6.20. The number of aromatic nitrogens is 1. The first-order valence-electron chi connectivity index (χ1n) is 9.76. The highest BCUT2D eigenvalue weighted by atomic mass is 32.1. The second kappa shape index (κ2) is 7.76. The van der Waals surface area contributed by atoms with Gasteiger partial charge in [-0.15, -0.1) is 11.3 Å². The lowest BCUT2D eigenvalue weighted by Crippen LogP contribution is -2.50. The van der Waals surface area contributed by atoms with Gasteiger partial charge in [0.25, 0.3) is 11.8 Å². The van der Waals surface area contributed by atoms with E-state index in [9.17, 15) is 9.59 Å². The van der Waals surface area contributed by atoms with E-state index in [1.807, 2.05) is 52.7 Å². The number of para-hydroxylation sites is 1. The number of pyridine rings is 1. The third-order valence-electron chi connectivity index (χ3n) is 5.31. The van der Waals surface area contributed by atoms with Crippen molar-refractivity contribution >= 4 is 34.1 Å². The van der Waals surface area contributed by atoms with E-state index in [1.165, 1.54) is 6.26 Å². The van der Waals surface area contributed by atoms with E-state index in [-0.39, 0.29) is 11.8 Å². The van der Waals surface area contributed by atoms with Crippen LogP contribution in [0.4, 0.5) is 0 Å². The highest BCUT2D eigenvalue weighted by Crippen LogP contribution is 2.28. The van der Waals surface area contributed by atoms with Gasteiger partial charge in [-0.1, -0.05) is 24.3 Å². The molecule has 1 aliphatic rings. The SMILES string of the molecule is O=C(c1ccco1)N1CCN(C(=O)c2cc(-c3cccs3)nc3ccccc23)CC1. The summed E-state index contributed by atoms with van der Waals surface area (Å²) in [6.45, 7) is 1.92. The molecule has 0 bridgehead atoms. The number of thiophene rings is 1. The maximum Gasteiger partial charge on any atom is 0.289 e. The highest BCUT2D eigenvalue weighted by Gasteiger charge is 2.27. The molecule has 4 aromatic rings. The van der Waals surface area contributed by atoms with Gasteiger partial charge >= 0.3 is 0 Å². The van der Waals surface area contributed by atoms with E-state index in [4.69, 9.17) is 9.40 Å². The monoisotopic (exact) mass is 417 g/mol. The van der Waals surface area contributed by atoms with Crippen LogP contribution in [0.25, 0.3) is 21.5 Å². The topological polar surface area (TPSA) is 66.7 Å². The molecule has 150 valence electrons. The zero-order chi connectivity index (χ0) is 20.5. The number of nitrogens with zero attached hydrogens (tertiary/aromatic N) is 3. The van der Waals surface area contributed by atoms with Gasteiger partial charge in [-0.3, -0.25) is 9.59 Å². The fraction of sp³-hybridized carbons (Fsp3) is 0.174. The standard InChI is InChI=1S/C23H19N3O3S/c27-22(25-9-11-26(12-10-25)23(28)20-7-3-13-29-20)17-15-19(21-8-4-14-30-21)24-18-6-2-1-5-16(17)18/h1-8,13-15H,9-12H2. The molecule has 6 nitrogen and oxygen atoms in total. The minimum absolute atomic E-state index is 0.0310. The molecular formula is C23H19N3O3S. The Kier molecular flexibility index (Phi) is 4.80. The number of hydrogen-bond donors (Lipinski definition) is 0. The first-order chi connectivity index (χ1) is 14.7. The minimum atomic E-state index is -0.138. The Morgan fingerprint density at radius 1 is 0.900 bits per heavy atom. The maximum atomic E-state index is 13.4. The average Bonchev–Trinajstić information content (AvgIpc) is 3.52. The molecule has 0 aliphatic carbocycles. The lowest BCUT2D eigenvalue weighted by Gasteiger charge is -2.34. The van der Waals surface area contributed by atoms with Gasteiger partial charge in [0.2, 0.25) is 0 Å². The van der Waals surface area contributed by atoms with Crippen LogP contribution in [0.2, 0.25) is 0 Å². The van der Waals surface area contributed by atoms with E-state index >= 15 is 0 Å². The lowest BCUT2D eigenvalue weighted by molar-refractivity contribution is 0.0519. The number of benzene rings is 1. The summed E-state index contributed by atoms with van der Waals surface area (Å²) in [6.07, 6.45) is 1.49. The Bertz CT molecular complexity index is 1190. The summed E-state index contributed by atoms with van der Waals surface area (Å²) in [5.41, 5.74) is 2.26. The Labute approximate surface area is 177 Å². The van der Waals surface area contributed by atoms with Crippen LogP contribution in [-0.2, 0) is 0 Å². The van der Waals surface area contributed by atoms with E-state index in [0.717, 1.165) is 21.5 Å². The molecule has 1 aromatic carbocycles. The molecule has 1 fully saturated rings. The van der Waals surface area contributed by atoms with Gasteiger partial charge < -0.3 is 14.2 Å². The van der Waals surface area contributed by atoms with E-state index < -0.39 is 0 Å². The maximum absolute atomic E-state index is 13.4. The molecule has 0 saturated carbocycles.